The summed E-state index contributed by atoms with van der Waals surface area (Å²) >= 11 is 1.97. The summed E-state index contributed by atoms with van der Waals surface area (Å²) in [5, 5.41) is 0. The van der Waals surface area contributed by atoms with Gasteiger partial charge in [-0.05, 0) is 24.5 Å². The van der Waals surface area contributed by atoms with Gasteiger partial charge in [-0.15, -0.1) is 0 Å². The second-order valence-corrected chi connectivity index (χ2v) is 4.33. The second kappa shape index (κ2) is 4.24. The third-order valence-electron chi connectivity index (χ3n) is 2.27. The number of thioether (sulfide) groups is 1. The van der Waals surface area contributed by atoms with E-state index in [0.717, 1.165) is 5.92 Å². The Morgan fingerprint density at radius 3 is 2.70 bits per heavy atom. The average molecular weight is 159 g/mol. The zero-order valence-electron chi connectivity index (χ0n) is 6.68. The summed E-state index contributed by atoms with van der Waals surface area (Å²) in [5.41, 5.74) is 5.94. The number of nitrogens with two attached hydrogens (primary N) is 1. The summed E-state index contributed by atoms with van der Waals surface area (Å²) in [7, 11) is 0. The summed E-state index contributed by atoms with van der Waals surface area (Å²) in [6.07, 6.45) is 4.17. The smallest absolute Gasteiger partial charge is 0.0158 e. The van der Waals surface area contributed by atoms with E-state index >= 15 is 0 Å². The molecule has 2 N–H and O–H groups in total. The van der Waals surface area contributed by atoms with Crippen LogP contribution >= 0.6 is 11.8 Å². The fraction of sp³-hybridized carbons (Fsp3) is 1.00. The lowest BCUT2D eigenvalue weighted by molar-refractivity contribution is 0.276. The molecule has 0 saturated heterocycles. The Bertz CT molecular complexity index is 91.3. The van der Waals surface area contributed by atoms with E-state index in [-0.39, 0.29) is 0 Å². The van der Waals surface area contributed by atoms with Crippen molar-refractivity contribution in [2.75, 3.05) is 11.5 Å². The van der Waals surface area contributed by atoms with Crippen molar-refractivity contribution in [1.29, 1.82) is 0 Å². The second-order valence-electron chi connectivity index (χ2n) is 3.01. The fourth-order valence-electron chi connectivity index (χ4n) is 1.26. The van der Waals surface area contributed by atoms with E-state index < -0.39 is 0 Å². The molecule has 0 radical (unpaired) electrons. The Morgan fingerprint density at radius 1 is 1.60 bits per heavy atom. The monoisotopic (exact) mass is 159 g/mol. The maximum atomic E-state index is 5.94. The highest BCUT2D eigenvalue weighted by atomic mass is 32.2. The highest BCUT2D eigenvalue weighted by Crippen LogP contribution is 2.29. The van der Waals surface area contributed by atoms with Crippen LogP contribution in [-0.4, -0.2) is 17.5 Å². The largest absolute Gasteiger partial charge is 0.327 e. The van der Waals surface area contributed by atoms with E-state index in [1.165, 1.54) is 30.8 Å². The minimum Gasteiger partial charge on any atom is -0.327 e. The summed E-state index contributed by atoms with van der Waals surface area (Å²) in [6, 6.07) is 0.485. The first-order chi connectivity index (χ1) is 4.84. The van der Waals surface area contributed by atoms with Crippen molar-refractivity contribution >= 4 is 11.8 Å². The summed E-state index contributed by atoms with van der Waals surface area (Å²) < 4.78 is 0. The van der Waals surface area contributed by atoms with E-state index in [1.807, 2.05) is 11.8 Å². The van der Waals surface area contributed by atoms with Gasteiger partial charge in [0.2, 0.25) is 0 Å². The van der Waals surface area contributed by atoms with Gasteiger partial charge in [0.1, 0.15) is 0 Å². The number of hydrogen-bond acceptors (Lipinski definition) is 2. The molecule has 1 fully saturated rings. The molecule has 0 spiro atoms. The van der Waals surface area contributed by atoms with Crippen LogP contribution in [0.2, 0.25) is 0 Å². The molecular formula is C8H17NS. The van der Waals surface area contributed by atoms with Crippen LogP contribution in [0.4, 0.5) is 0 Å². The predicted octanol–water partition coefficient (Wildman–Crippen LogP) is 1.87. The van der Waals surface area contributed by atoms with Gasteiger partial charge in [0.05, 0.1) is 0 Å². The van der Waals surface area contributed by atoms with Gasteiger partial charge in [-0.1, -0.05) is 13.3 Å². The third-order valence-corrected chi connectivity index (χ3v) is 3.30. The number of rotatable bonds is 4. The summed E-state index contributed by atoms with van der Waals surface area (Å²) in [6.45, 7) is 2.19. The van der Waals surface area contributed by atoms with Crippen molar-refractivity contribution in [3.05, 3.63) is 0 Å². The Morgan fingerprint density at radius 2 is 2.30 bits per heavy atom. The van der Waals surface area contributed by atoms with Crippen molar-refractivity contribution in [3.63, 3.8) is 0 Å². The molecule has 1 aliphatic carbocycles. The van der Waals surface area contributed by atoms with E-state index in [1.54, 1.807) is 0 Å². The molecule has 1 atom stereocenters. The molecule has 0 amide bonds. The molecule has 0 aliphatic heterocycles. The quantitative estimate of drug-likeness (QED) is 0.677. The summed E-state index contributed by atoms with van der Waals surface area (Å²) in [4.78, 5) is 0. The zero-order valence-corrected chi connectivity index (χ0v) is 7.49. The van der Waals surface area contributed by atoms with Gasteiger partial charge in [0.25, 0.3) is 0 Å². The van der Waals surface area contributed by atoms with Gasteiger partial charge in [0.15, 0.2) is 0 Å². The normalized spacial score (nSPS) is 22.2. The third kappa shape index (κ3) is 2.17. The van der Waals surface area contributed by atoms with Crippen LogP contribution in [0.1, 0.15) is 26.2 Å². The Labute approximate surface area is 67.8 Å². The lowest BCUT2D eigenvalue weighted by atomic mass is 9.81. The first-order valence-electron chi connectivity index (χ1n) is 4.18. The van der Waals surface area contributed by atoms with Crippen molar-refractivity contribution in [3.8, 4) is 0 Å². The van der Waals surface area contributed by atoms with Crippen molar-refractivity contribution in [1.82, 2.24) is 0 Å². The van der Waals surface area contributed by atoms with Gasteiger partial charge < -0.3 is 5.73 Å². The maximum absolute atomic E-state index is 5.94. The molecule has 2 heteroatoms. The Kier molecular flexibility index (Phi) is 3.57. The SMILES string of the molecule is CCSCC(N)C1CCC1. The van der Waals surface area contributed by atoms with Gasteiger partial charge in [0, 0.05) is 11.8 Å². The molecule has 0 aromatic carbocycles. The molecule has 1 rings (SSSR count). The Balaban J connectivity index is 2.02. The first kappa shape index (κ1) is 8.41. The van der Waals surface area contributed by atoms with Crippen LogP contribution in [0.15, 0.2) is 0 Å². The maximum Gasteiger partial charge on any atom is 0.0158 e. The van der Waals surface area contributed by atoms with Gasteiger partial charge in [-0.3, -0.25) is 0 Å². The van der Waals surface area contributed by atoms with E-state index in [2.05, 4.69) is 6.92 Å². The molecule has 1 unspecified atom stereocenters. The molecular weight excluding hydrogens is 142 g/mol. The molecule has 0 aromatic heterocycles. The van der Waals surface area contributed by atoms with Crippen LogP contribution in [0.3, 0.4) is 0 Å². The van der Waals surface area contributed by atoms with Crippen LogP contribution in [-0.2, 0) is 0 Å². The van der Waals surface area contributed by atoms with Crippen LogP contribution in [0.5, 0.6) is 0 Å². The Hall–Kier alpha value is 0.310. The van der Waals surface area contributed by atoms with E-state index in [4.69, 9.17) is 5.73 Å². The molecule has 1 saturated carbocycles. The number of hydrogen-bond donors (Lipinski definition) is 1. The van der Waals surface area contributed by atoms with Gasteiger partial charge >= 0.3 is 0 Å². The van der Waals surface area contributed by atoms with Gasteiger partial charge in [-0.2, -0.15) is 11.8 Å². The topological polar surface area (TPSA) is 26.0 Å². The lowest BCUT2D eigenvalue weighted by Crippen LogP contribution is -2.36. The molecule has 60 valence electrons. The van der Waals surface area contributed by atoms with Crippen LogP contribution in [0.25, 0.3) is 0 Å². The molecule has 1 aliphatic rings. The van der Waals surface area contributed by atoms with Crippen molar-refractivity contribution in [2.24, 2.45) is 11.7 Å². The molecule has 0 aromatic rings. The standard InChI is InChI=1S/C8H17NS/c1-2-10-6-8(9)7-4-3-5-7/h7-8H,2-6,9H2,1H3. The fourth-order valence-corrected chi connectivity index (χ4v) is 2.04. The highest BCUT2D eigenvalue weighted by molar-refractivity contribution is 7.99. The lowest BCUT2D eigenvalue weighted by Gasteiger charge is -2.30. The average Bonchev–Trinajstić information content (AvgIpc) is 1.79. The highest BCUT2D eigenvalue weighted by Gasteiger charge is 2.23. The van der Waals surface area contributed by atoms with Gasteiger partial charge in [-0.25, -0.2) is 0 Å². The molecule has 0 heterocycles. The van der Waals surface area contributed by atoms with E-state index in [9.17, 15) is 0 Å². The van der Waals surface area contributed by atoms with Crippen LogP contribution < -0.4 is 5.73 Å². The molecule has 10 heavy (non-hydrogen) atoms. The zero-order chi connectivity index (χ0) is 7.40. The minimum absolute atomic E-state index is 0.485. The van der Waals surface area contributed by atoms with E-state index in [0.29, 0.717) is 6.04 Å². The van der Waals surface area contributed by atoms with Crippen molar-refractivity contribution in [2.45, 2.75) is 32.2 Å². The molecule has 0 bridgehead atoms. The molecule has 1 nitrogen and oxygen atoms in total. The summed E-state index contributed by atoms with van der Waals surface area (Å²) in [5.74, 6) is 3.24. The van der Waals surface area contributed by atoms with Crippen molar-refractivity contribution < 1.29 is 0 Å². The first-order valence-corrected chi connectivity index (χ1v) is 5.33. The van der Waals surface area contributed by atoms with Crippen LogP contribution in [0, 0.1) is 5.92 Å². The minimum atomic E-state index is 0.485. The predicted molar refractivity (Wildman–Crippen MR) is 48.3 cm³/mol.